The minimum absolute atomic E-state index is 0.0593. The van der Waals surface area contributed by atoms with Crippen molar-refractivity contribution >= 4 is 8.80 Å². The van der Waals surface area contributed by atoms with Crippen LogP contribution in [0.1, 0.15) is 104 Å². The Kier molecular flexibility index (Phi) is 9.27. The lowest BCUT2D eigenvalue weighted by molar-refractivity contribution is -0.0125. The van der Waals surface area contributed by atoms with Crippen molar-refractivity contribution in [1.82, 2.24) is 0 Å². The molecule has 5 heteroatoms. The van der Waals surface area contributed by atoms with Crippen LogP contribution in [0.5, 0.6) is 0 Å². The highest BCUT2D eigenvalue weighted by Crippen LogP contribution is 2.49. The number of hydrogen-bond donors (Lipinski definition) is 1. The van der Waals surface area contributed by atoms with Gasteiger partial charge in [-0.3, -0.25) is 0 Å². The van der Waals surface area contributed by atoms with Crippen LogP contribution in [0.3, 0.4) is 0 Å². The third-order valence-corrected chi connectivity index (χ3v) is 11.9. The van der Waals surface area contributed by atoms with Gasteiger partial charge in [0, 0.05) is 26.4 Å². The summed E-state index contributed by atoms with van der Waals surface area (Å²) in [7, 11) is 1.04. The highest BCUT2D eigenvalue weighted by Gasteiger charge is 2.45. The summed E-state index contributed by atoms with van der Waals surface area (Å²) in [4.78, 5) is 0. The number of aliphatic hydroxyl groups excluding tert-OH is 1. The molecule has 4 nitrogen and oxygen atoms in total. The van der Waals surface area contributed by atoms with E-state index in [-0.39, 0.29) is 6.10 Å². The van der Waals surface area contributed by atoms with E-state index in [1.807, 2.05) is 0 Å². The summed E-state index contributed by atoms with van der Waals surface area (Å²) in [5, 5.41) is 9.88. The predicted molar refractivity (Wildman–Crippen MR) is 124 cm³/mol. The second-order valence-corrected chi connectivity index (χ2v) is 14.0. The van der Waals surface area contributed by atoms with Gasteiger partial charge in [-0.25, -0.2) is 0 Å². The molecule has 1 N–H and O–H groups in total. The van der Waals surface area contributed by atoms with E-state index in [1.165, 1.54) is 64.2 Å². The second-order valence-electron chi connectivity index (χ2n) is 11.1. The van der Waals surface area contributed by atoms with Gasteiger partial charge in [-0.1, -0.05) is 46.0 Å². The van der Waals surface area contributed by atoms with Crippen molar-refractivity contribution in [2.45, 2.75) is 122 Å². The smallest absolute Gasteiger partial charge is 0.393 e. The lowest BCUT2D eigenvalue weighted by Crippen LogP contribution is -2.48. The molecule has 30 heavy (non-hydrogen) atoms. The molecule has 0 heterocycles. The van der Waals surface area contributed by atoms with Gasteiger partial charge in [-0.15, -0.1) is 0 Å². The molecule has 176 valence electrons. The molecular weight excluding hydrogens is 392 g/mol. The van der Waals surface area contributed by atoms with E-state index in [4.69, 9.17) is 13.3 Å². The highest BCUT2D eigenvalue weighted by atomic mass is 28.4. The van der Waals surface area contributed by atoms with Crippen LogP contribution in [-0.4, -0.2) is 40.3 Å². The topological polar surface area (TPSA) is 47.9 Å². The maximum Gasteiger partial charge on any atom is 0.500 e. The van der Waals surface area contributed by atoms with Gasteiger partial charge in [0.05, 0.1) is 6.10 Å². The summed E-state index contributed by atoms with van der Waals surface area (Å²) in [5.41, 5.74) is 0.364. The Morgan fingerprint density at radius 1 is 0.767 bits per heavy atom. The fraction of sp³-hybridized carbons (Fsp3) is 1.00. The number of hydrogen-bond acceptors (Lipinski definition) is 4. The third kappa shape index (κ3) is 6.31. The Balaban J connectivity index is 1.48. The van der Waals surface area contributed by atoms with Gasteiger partial charge in [-0.2, -0.15) is 0 Å². The molecule has 0 bridgehead atoms. The van der Waals surface area contributed by atoms with Gasteiger partial charge in [-0.05, 0) is 81.0 Å². The van der Waals surface area contributed by atoms with E-state index in [0.717, 1.165) is 49.5 Å². The average Bonchev–Trinajstić information content (AvgIpc) is 2.78. The third-order valence-electron chi connectivity index (χ3n) is 9.03. The zero-order valence-electron chi connectivity index (χ0n) is 20.2. The van der Waals surface area contributed by atoms with Gasteiger partial charge >= 0.3 is 8.80 Å². The molecule has 3 saturated carbocycles. The molecule has 3 fully saturated rings. The first kappa shape index (κ1) is 24.7. The predicted octanol–water partition coefficient (Wildman–Crippen LogP) is 6.34. The lowest BCUT2D eigenvalue weighted by Gasteiger charge is -2.47. The minimum atomic E-state index is -2.55. The largest absolute Gasteiger partial charge is 0.500 e. The van der Waals surface area contributed by atoms with E-state index in [0.29, 0.717) is 11.5 Å². The van der Waals surface area contributed by atoms with Gasteiger partial charge < -0.3 is 18.4 Å². The van der Waals surface area contributed by atoms with E-state index in [1.54, 1.807) is 14.2 Å². The SMILES string of the molecule is CO[Si](CCC1CCCCC1)(OC)OC1CCC(C(C)(C)C2CCC(O)CC2)CC1. The van der Waals surface area contributed by atoms with Crippen LogP contribution in [-0.2, 0) is 13.3 Å². The highest BCUT2D eigenvalue weighted by molar-refractivity contribution is 6.60. The maximum absolute atomic E-state index is 9.88. The van der Waals surface area contributed by atoms with E-state index < -0.39 is 8.80 Å². The minimum Gasteiger partial charge on any atom is -0.393 e. The monoisotopic (exact) mass is 440 g/mol. The summed E-state index contributed by atoms with van der Waals surface area (Å²) in [6.45, 7) is 4.96. The van der Waals surface area contributed by atoms with Gasteiger partial charge in [0.25, 0.3) is 0 Å². The first-order valence-electron chi connectivity index (χ1n) is 12.8. The summed E-state index contributed by atoms with van der Waals surface area (Å²) in [6.07, 6.45) is 17.5. The Morgan fingerprint density at radius 3 is 1.83 bits per heavy atom. The fourth-order valence-electron chi connectivity index (χ4n) is 6.63. The normalized spacial score (nSPS) is 32.3. The van der Waals surface area contributed by atoms with Crippen molar-refractivity contribution < 1.29 is 18.4 Å². The summed E-state index contributed by atoms with van der Waals surface area (Å²) < 4.78 is 18.6. The molecule has 0 aromatic rings. The molecule has 3 aliphatic carbocycles. The Morgan fingerprint density at radius 2 is 1.30 bits per heavy atom. The lowest BCUT2D eigenvalue weighted by atomic mass is 9.60. The van der Waals surface area contributed by atoms with Crippen LogP contribution in [0.2, 0.25) is 6.04 Å². The fourth-order valence-corrected chi connectivity index (χ4v) is 9.02. The maximum atomic E-state index is 9.88. The second kappa shape index (κ2) is 11.3. The molecule has 0 radical (unpaired) electrons. The molecule has 0 aromatic heterocycles. The summed E-state index contributed by atoms with van der Waals surface area (Å²) in [5.74, 6) is 2.36. The first-order valence-corrected chi connectivity index (χ1v) is 14.8. The molecular formula is C25H48O4Si. The standard InChI is InChI=1S/C25H48O4Si/c1-25(2,21-10-14-23(26)15-11-21)22-12-16-24(17-13-22)29-30(27-3,28-4)19-18-20-8-6-5-7-9-20/h20-24,26H,5-19H2,1-4H3. The van der Waals surface area contributed by atoms with Gasteiger partial charge in [0.2, 0.25) is 0 Å². The van der Waals surface area contributed by atoms with Gasteiger partial charge in [0.15, 0.2) is 0 Å². The van der Waals surface area contributed by atoms with Crippen LogP contribution < -0.4 is 0 Å². The van der Waals surface area contributed by atoms with Crippen molar-refractivity contribution in [2.75, 3.05) is 14.2 Å². The van der Waals surface area contributed by atoms with Crippen molar-refractivity contribution in [3.05, 3.63) is 0 Å². The van der Waals surface area contributed by atoms with Crippen molar-refractivity contribution in [1.29, 1.82) is 0 Å². The molecule has 0 atom stereocenters. The van der Waals surface area contributed by atoms with Crippen molar-refractivity contribution in [3.63, 3.8) is 0 Å². The molecule has 0 spiro atoms. The Labute approximate surface area is 186 Å². The van der Waals surface area contributed by atoms with Crippen molar-refractivity contribution in [3.8, 4) is 0 Å². The summed E-state index contributed by atoms with van der Waals surface area (Å²) in [6, 6.07) is 0.973. The molecule has 3 aliphatic rings. The molecule has 0 amide bonds. The van der Waals surface area contributed by atoms with Crippen LogP contribution in [0, 0.1) is 23.2 Å². The Bertz CT molecular complexity index is 485. The van der Waals surface area contributed by atoms with Crippen molar-refractivity contribution in [2.24, 2.45) is 23.2 Å². The molecule has 3 rings (SSSR count). The molecule has 0 aliphatic heterocycles. The molecule has 0 unspecified atom stereocenters. The zero-order valence-corrected chi connectivity index (χ0v) is 21.2. The zero-order chi connectivity index (χ0) is 21.6. The summed E-state index contributed by atoms with van der Waals surface area (Å²) >= 11 is 0. The molecule has 0 aromatic carbocycles. The van der Waals surface area contributed by atoms with Gasteiger partial charge in [0.1, 0.15) is 0 Å². The van der Waals surface area contributed by atoms with Crippen LogP contribution in [0.25, 0.3) is 0 Å². The average molecular weight is 441 g/mol. The quantitative estimate of drug-likeness (QED) is 0.425. The number of rotatable bonds is 9. The number of aliphatic hydroxyl groups is 1. The van der Waals surface area contributed by atoms with Crippen LogP contribution in [0.4, 0.5) is 0 Å². The van der Waals surface area contributed by atoms with E-state index in [9.17, 15) is 5.11 Å². The Hall–Kier alpha value is 0.0569. The first-order chi connectivity index (χ1) is 14.4. The van der Waals surface area contributed by atoms with Crippen LogP contribution in [0.15, 0.2) is 0 Å². The molecule has 0 saturated heterocycles. The van der Waals surface area contributed by atoms with E-state index >= 15 is 0 Å². The van der Waals surface area contributed by atoms with E-state index in [2.05, 4.69) is 13.8 Å². The van der Waals surface area contributed by atoms with Crippen LogP contribution >= 0.6 is 0 Å².